The van der Waals surface area contributed by atoms with E-state index in [2.05, 4.69) is 0 Å². The van der Waals surface area contributed by atoms with E-state index in [-0.39, 0.29) is 17.8 Å². The number of ether oxygens (including phenoxy) is 1. The van der Waals surface area contributed by atoms with Crippen LogP contribution in [0.4, 0.5) is 4.39 Å². The molecule has 0 unspecified atom stereocenters. The first-order valence-corrected chi connectivity index (χ1v) is 9.15. The molecule has 1 heterocycles. The Kier molecular flexibility index (Phi) is 7.85. The number of hydrogen-bond donors (Lipinski definition) is 1. The molecule has 128 valence electrons. The number of carbonyl (C=O) groups excluding carboxylic acids is 1. The highest BCUT2D eigenvalue weighted by molar-refractivity contribution is 7.99. The van der Waals surface area contributed by atoms with Crippen molar-refractivity contribution in [2.24, 2.45) is 5.73 Å². The predicted molar refractivity (Wildman–Crippen MR) is 91.0 cm³/mol. The van der Waals surface area contributed by atoms with Crippen molar-refractivity contribution < 1.29 is 13.9 Å². The summed E-state index contributed by atoms with van der Waals surface area (Å²) in [5, 5.41) is 0. The van der Waals surface area contributed by atoms with E-state index in [0.29, 0.717) is 19.6 Å². The van der Waals surface area contributed by atoms with E-state index >= 15 is 0 Å². The lowest BCUT2D eigenvalue weighted by molar-refractivity contribution is -0.133. The minimum atomic E-state index is -0.234. The van der Waals surface area contributed by atoms with Crippen LogP contribution in [0.3, 0.4) is 0 Å². The quantitative estimate of drug-likeness (QED) is 0.584. The predicted octanol–water partition coefficient (Wildman–Crippen LogP) is 2.66. The molecule has 2 N–H and O–H groups in total. The molecule has 2 rings (SSSR count). The highest BCUT2D eigenvalue weighted by atomic mass is 32.2. The van der Waals surface area contributed by atoms with Crippen LogP contribution < -0.4 is 5.73 Å². The Bertz CT molecular complexity index is 476. The lowest BCUT2D eigenvalue weighted by Crippen LogP contribution is -2.41. The molecular weight excluding hydrogens is 315 g/mol. The molecule has 0 aromatic heterocycles. The molecular formula is C17H25FN2O2S. The van der Waals surface area contributed by atoms with Gasteiger partial charge in [-0.2, -0.15) is 0 Å². The molecule has 1 amide bonds. The second-order valence-corrected chi connectivity index (χ2v) is 6.81. The summed E-state index contributed by atoms with van der Waals surface area (Å²) < 4.78 is 18.6. The van der Waals surface area contributed by atoms with Gasteiger partial charge >= 0.3 is 0 Å². The van der Waals surface area contributed by atoms with Crippen LogP contribution in [0, 0.1) is 5.82 Å². The van der Waals surface area contributed by atoms with E-state index in [4.69, 9.17) is 10.5 Å². The minimum Gasteiger partial charge on any atom is -0.378 e. The van der Waals surface area contributed by atoms with Gasteiger partial charge in [-0.15, -0.1) is 11.8 Å². The second-order valence-electron chi connectivity index (χ2n) is 5.65. The van der Waals surface area contributed by atoms with E-state index < -0.39 is 0 Å². The van der Waals surface area contributed by atoms with Crippen LogP contribution in [0.25, 0.3) is 0 Å². The maximum Gasteiger partial charge on any atom is 0.223 e. The highest BCUT2D eigenvalue weighted by Gasteiger charge is 2.22. The van der Waals surface area contributed by atoms with Crippen LogP contribution in [-0.4, -0.2) is 48.9 Å². The van der Waals surface area contributed by atoms with Crippen molar-refractivity contribution in [1.82, 2.24) is 4.90 Å². The van der Waals surface area contributed by atoms with Crippen LogP contribution in [-0.2, 0) is 9.53 Å². The van der Waals surface area contributed by atoms with E-state index in [0.717, 1.165) is 43.0 Å². The summed E-state index contributed by atoms with van der Waals surface area (Å²) in [7, 11) is 0. The van der Waals surface area contributed by atoms with Crippen molar-refractivity contribution in [3.8, 4) is 0 Å². The summed E-state index contributed by atoms with van der Waals surface area (Å²) in [6.07, 6.45) is 3.47. The summed E-state index contributed by atoms with van der Waals surface area (Å²) in [5.74, 6) is 0.680. The van der Waals surface area contributed by atoms with Crippen LogP contribution in [0.2, 0.25) is 0 Å². The van der Waals surface area contributed by atoms with E-state index in [1.165, 1.54) is 12.1 Å². The standard InChI is InChI=1S/C17H25FN2O2S/c18-14-2-4-16(5-3-14)23-13-8-17(21)20-10-6-15(7-11-20)22-12-1-9-19/h2-5,15H,1,6-13,19H2. The molecule has 1 saturated heterocycles. The Balaban J connectivity index is 1.62. The van der Waals surface area contributed by atoms with Gasteiger partial charge in [0.05, 0.1) is 6.10 Å². The molecule has 0 atom stereocenters. The summed E-state index contributed by atoms with van der Waals surface area (Å²) in [5.41, 5.74) is 5.45. The molecule has 1 aromatic carbocycles. The zero-order chi connectivity index (χ0) is 16.5. The van der Waals surface area contributed by atoms with Crippen molar-refractivity contribution >= 4 is 17.7 Å². The Morgan fingerprint density at radius 3 is 2.65 bits per heavy atom. The number of benzene rings is 1. The smallest absolute Gasteiger partial charge is 0.223 e. The SMILES string of the molecule is NCCCOC1CCN(C(=O)CCSc2ccc(F)cc2)CC1. The van der Waals surface area contributed by atoms with E-state index in [1.807, 2.05) is 4.90 Å². The van der Waals surface area contributed by atoms with Gasteiger partial charge in [-0.25, -0.2) is 4.39 Å². The Morgan fingerprint density at radius 2 is 2.00 bits per heavy atom. The van der Waals surface area contributed by atoms with E-state index in [1.54, 1.807) is 23.9 Å². The van der Waals surface area contributed by atoms with Crippen molar-refractivity contribution in [3.05, 3.63) is 30.1 Å². The number of halogens is 1. The number of hydrogen-bond acceptors (Lipinski definition) is 4. The number of nitrogens with two attached hydrogens (primary N) is 1. The lowest BCUT2D eigenvalue weighted by atomic mass is 10.1. The maximum atomic E-state index is 12.8. The normalized spacial score (nSPS) is 15.8. The fourth-order valence-corrected chi connectivity index (χ4v) is 3.39. The maximum absolute atomic E-state index is 12.8. The highest BCUT2D eigenvalue weighted by Crippen LogP contribution is 2.20. The first-order valence-electron chi connectivity index (χ1n) is 8.17. The molecule has 1 aliphatic rings. The van der Waals surface area contributed by atoms with Gasteiger partial charge in [-0.1, -0.05) is 0 Å². The molecule has 1 fully saturated rings. The van der Waals surface area contributed by atoms with E-state index in [9.17, 15) is 9.18 Å². The van der Waals surface area contributed by atoms with Crippen LogP contribution in [0.5, 0.6) is 0 Å². The van der Waals surface area contributed by atoms with Crippen LogP contribution in [0.1, 0.15) is 25.7 Å². The van der Waals surface area contributed by atoms with Crippen molar-refractivity contribution in [2.45, 2.75) is 36.7 Å². The number of amides is 1. The zero-order valence-corrected chi connectivity index (χ0v) is 14.2. The molecule has 0 radical (unpaired) electrons. The van der Waals surface area contributed by atoms with Gasteiger partial charge in [0.1, 0.15) is 5.82 Å². The summed E-state index contributed by atoms with van der Waals surface area (Å²) in [4.78, 5) is 15.1. The van der Waals surface area contributed by atoms with Gasteiger partial charge < -0.3 is 15.4 Å². The molecule has 0 spiro atoms. The molecule has 0 aliphatic carbocycles. The average Bonchev–Trinajstić information content (AvgIpc) is 2.57. The lowest BCUT2D eigenvalue weighted by Gasteiger charge is -2.32. The molecule has 0 bridgehead atoms. The number of thioether (sulfide) groups is 1. The summed E-state index contributed by atoms with van der Waals surface area (Å²) in [6, 6.07) is 6.38. The third-order valence-corrected chi connectivity index (χ3v) is 4.91. The molecule has 0 saturated carbocycles. The monoisotopic (exact) mass is 340 g/mol. The first kappa shape index (κ1) is 18.2. The van der Waals surface area contributed by atoms with Crippen LogP contribution in [0.15, 0.2) is 29.2 Å². The van der Waals surface area contributed by atoms with Gasteiger partial charge in [-0.3, -0.25) is 4.79 Å². The van der Waals surface area contributed by atoms with Gasteiger partial charge in [0.25, 0.3) is 0 Å². The Morgan fingerprint density at radius 1 is 1.30 bits per heavy atom. The van der Waals surface area contributed by atoms with Gasteiger partial charge in [0.2, 0.25) is 5.91 Å². The average molecular weight is 340 g/mol. The first-order chi connectivity index (χ1) is 11.2. The summed E-state index contributed by atoms with van der Waals surface area (Å²) in [6.45, 7) is 2.91. The summed E-state index contributed by atoms with van der Waals surface area (Å²) >= 11 is 1.58. The third-order valence-electron chi connectivity index (χ3n) is 3.89. The number of nitrogens with zero attached hydrogens (tertiary/aromatic N) is 1. The number of likely N-dealkylation sites (tertiary alicyclic amines) is 1. The molecule has 1 aromatic rings. The zero-order valence-electron chi connectivity index (χ0n) is 13.4. The topological polar surface area (TPSA) is 55.6 Å². The number of rotatable bonds is 8. The number of piperidine rings is 1. The fourth-order valence-electron chi connectivity index (χ4n) is 2.55. The Labute approximate surface area is 141 Å². The van der Waals surface area contributed by atoms with Crippen molar-refractivity contribution in [2.75, 3.05) is 32.0 Å². The largest absolute Gasteiger partial charge is 0.378 e. The molecule has 23 heavy (non-hydrogen) atoms. The third kappa shape index (κ3) is 6.49. The van der Waals surface area contributed by atoms with Gasteiger partial charge in [0, 0.05) is 36.8 Å². The van der Waals surface area contributed by atoms with Crippen molar-refractivity contribution in [1.29, 1.82) is 0 Å². The second kappa shape index (κ2) is 9.90. The Hall–Kier alpha value is -1.11. The van der Waals surface area contributed by atoms with Gasteiger partial charge in [-0.05, 0) is 50.1 Å². The van der Waals surface area contributed by atoms with Gasteiger partial charge in [0.15, 0.2) is 0 Å². The molecule has 4 nitrogen and oxygen atoms in total. The minimum absolute atomic E-state index is 0.194. The van der Waals surface area contributed by atoms with Crippen LogP contribution >= 0.6 is 11.8 Å². The number of carbonyl (C=O) groups is 1. The molecule has 1 aliphatic heterocycles. The molecule has 6 heteroatoms. The van der Waals surface area contributed by atoms with Crippen molar-refractivity contribution in [3.63, 3.8) is 0 Å². The fraction of sp³-hybridized carbons (Fsp3) is 0.588.